The van der Waals surface area contributed by atoms with Gasteiger partial charge in [-0.2, -0.15) is 0 Å². The number of benzene rings is 1. The van der Waals surface area contributed by atoms with Crippen molar-refractivity contribution in [1.82, 2.24) is 13.9 Å². The first-order valence-corrected chi connectivity index (χ1v) is 9.25. The second-order valence-electron chi connectivity index (χ2n) is 6.35. The lowest BCUT2D eigenvalue weighted by Crippen LogP contribution is -2.29. The fourth-order valence-corrected chi connectivity index (χ4v) is 4.30. The summed E-state index contributed by atoms with van der Waals surface area (Å²) >= 11 is 1.71. The van der Waals surface area contributed by atoms with Gasteiger partial charge in [-0.1, -0.05) is 11.9 Å². The van der Waals surface area contributed by atoms with Gasteiger partial charge in [0.25, 0.3) is 0 Å². The van der Waals surface area contributed by atoms with Gasteiger partial charge in [0.15, 0.2) is 11.6 Å². The number of hydrogen-bond acceptors (Lipinski definition) is 3. The Morgan fingerprint density at radius 2 is 1.92 bits per heavy atom. The number of nitrogens with zero attached hydrogens (tertiary/aromatic N) is 3. The first-order valence-electron chi connectivity index (χ1n) is 8.07. The van der Waals surface area contributed by atoms with Crippen LogP contribution in [0.4, 0.5) is 13.2 Å². The van der Waals surface area contributed by atoms with Crippen molar-refractivity contribution in [1.29, 1.82) is 0 Å². The molecule has 7 heteroatoms. The second-order valence-corrected chi connectivity index (χ2v) is 7.23. The highest BCUT2D eigenvalue weighted by Crippen LogP contribution is 2.36. The molecule has 0 fully saturated rings. The molecule has 0 radical (unpaired) electrons. The first-order chi connectivity index (χ1) is 11.6. The molecule has 0 saturated heterocycles. The van der Waals surface area contributed by atoms with E-state index in [2.05, 4.69) is 15.1 Å². The van der Waals surface area contributed by atoms with Gasteiger partial charge in [0.05, 0.1) is 12.2 Å². The monoisotopic (exact) mass is 353 g/mol. The van der Waals surface area contributed by atoms with Crippen LogP contribution in [0.25, 0.3) is 0 Å². The van der Waals surface area contributed by atoms with Crippen LogP contribution >= 0.6 is 11.9 Å². The summed E-state index contributed by atoms with van der Waals surface area (Å²) < 4.78 is 45.3. The van der Waals surface area contributed by atoms with Crippen LogP contribution < -0.4 is 0 Å². The number of imidazole rings is 1. The lowest BCUT2D eigenvalue weighted by Gasteiger charge is -2.27. The predicted molar refractivity (Wildman–Crippen MR) is 87.2 cm³/mol. The van der Waals surface area contributed by atoms with E-state index in [0.717, 1.165) is 50.1 Å². The number of fused-ring (bicyclic) bond motifs is 3. The van der Waals surface area contributed by atoms with E-state index < -0.39 is 17.5 Å². The molecule has 3 nitrogen and oxygen atoms in total. The average molecular weight is 353 g/mol. The van der Waals surface area contributed by atoms with Crippen LogP contribution in [0.2, 0.25) is 0 Å². The van der Waals surface area contributed by atoms with E-state index in [0.29, 0.717) is 12.5 Å². The molecule has 0 N–H and O–H groups in total. The van der Waals surface area contributed by atoms with Crippen LogP contribution in [-0.2, 0) is 25.9 Å². The lowest BCUT2D eigenvalue weighted by atomic mass is 9.84. The van der Waals surface area contributed by atoms with Gasteiger partial charge < -0.3 is 4.57 Å². The number of rotatable bonds is 2. The van der Waals surface area contributed by atoms with Crippen molar-refractivity contribution in [3.05, 3.63) is 52.4 Å². The molecule has 0 spiro atoms. The number of hydrogen-bond donors (Lipinski definition) is 0. The van der Waals surface area contributed by atoms with Crippen molar-refractivity contribution in [3.63, 3.8) is 0 Å². The number of halogens is 3. The molecule has 1 aromatic heterocycles. The summed E-state index contributed by atoms with van der Waals surface area (Å²) in [5.41, 5.74) is 2.47. The average Bonchev–Trinajstić information content (AvgIpc) is 2.94. The Hall–Kier alpha value is -1.47. The van der Waals surface area contributed by atoms with Crippen molar-refractivity contribution in [2.45, 2.75) is 38.3 Å². The second kappa shape index (κ2) is 6.11. The minimum Gasteiger partial charge on any atom is -0.329 e. The Labute approximate surface area is 143 Å². The first kappa shape index (κ1) is 16.0. The van der Waals surface area contributed by atoms with Crippen LogP contribution in [0.5, 0.6) is 0 Å². The van der Waals surface area contributed by atoms with Gasteiger partial charge >= 0.3 is 0 Å². The Bertz CT molecular complexity index is 790. The molecule has 1 atom stereocenters. The Morgan fingerprint density at radius 1 is 1.12 bits per heavy atom. The molecule has 0 bridgehead atoms. The SMILES string of the molecule is CSN1CCn2c(nc3c2CCC(c2cc(F)c(F)cc2F)C3)C1. The fraction of sp³-hybridized carbons (Fsp3) is 0.471. The summed E-state index contributed by atoms with van der Waals surface area (Å²) in [6.07, 6.45) is 4.16. The van der Waals surface area contributed by atoms with Gasteiger partial charge in [-0.15, -0.1) is 0 Å². The summed E-state index contributed by atoms with van der Waals surface area (Å²) in [7, 11) is 0. The molecule has 2 heterocycles. The van der Waals surface area contributed by atoms with E-state index in [1.165, 1.54) is 5.69 Å². The third-order valence-corrected chi connectivity index (χ3v) is 5.86. The van der Waals surface area contributed by atoms with Gasteiger partial charge in [0.1, 0.15) is 11.6 Å². The van der Waals surface area contributed by atoms with Gasteiger partial charge in [0, 0.05) is 24.8 Å². The van der Waals surface area contributed by atoms with Crippen LogP contribution in [0, 0.1) is 17.5 Å². The molecule has 24 heavy (non-hydrogen) atoms. The normalized spacial score (nSPS) is 20.8. The largest absolute Gasteiger partial charge is 0.329 e. The van der Waals surface area contributed by atoms with Gasteiger partial charge in [-0.3, -0.25) is 0 Å². The maximum atomic E-state index is 14.1. The quantitative estimate of drug-likeness (QED) is 0.607. The summed E-state index contributed by atoms with van der Waals surface area (Å²) in [6, 6.07) is 1.65. The smallest absolute Gasteiger partial charge is 0.161 e. The van der Waals surface area contributed by atoms with Crippen molar-refractivity contribution in [2.24, 2.45) is 0 Å². The molecule has 2 aliphatic rings. The third-order valence-electron chi connectivity index (χ3n) is 5.03. The molecule has 0 saturated carbocycles. The molecule has 128 valence electrons. The lowest BCUT2D eigenvalue weighted by molar-refractivity contribution is 0.362. The van der Waals surface area contributed by atoms with Crippen molar-refractivity contribution in [2.75, 3.05) is 12.8 Å². The zero-order valence-electron chi connectivity index (χ0n) is 13.4. The van der Waals surface area contributed by atoms with E-state index in [9.17, 15) is 13.2 Å². The van der Waals surface area contributed by atoms with Gasteiger partial charge in [-0.05, 0) is 43.1 Å². The molecule has 1 aliphatic carbocycles. The van der Waals surface area contributed by atoms with Crippen molar-refractivity contribution >= 4 is 11.9 Å². The van der Waals surface area contributed by atoms with Crippen LogP contribution in [-0.4, -0.2) is 26.7 Å². The van der Waals surface area contributed by atoms with E-state index in [-0.39, 0.29) is 11.5 Å². The van der Waals surface area contributed by atoms with Gasteiger partial charge in [0.2, 0.25) is 0 Å². The van der Waals surface area contributed by atoms with E-state index in [4.69, 9.17) is 4.98 Å². The van der Waals surface area contributed by atoms with Crippen LogP contribution in [0.3, 0.4) is 0 Å². The highest BCUT2D eigenvalue weighted by molar-refractivity contribution is 7.96. The van der Waals surface area contributed by atoms with Crippen molar-refractivity contribution in [3.8, 4) is 0 Å². The Morgan fingerprint density at radius 3 is 2.71 bits per heavy atom. The highest BCUT2D eigenvalue weighted by Gasteiger charge is 2.30. The summed E-state index contributed by atoms with van der Waals surface area (Å²) in [5, 5.41) is 0. The molecular weight excluding hydrogens is 335 g/mol. The minimum atomic E-state index is -1.14. The maximum absolute atomic E-state index is 14.1. The molecule has 0 amide bonds. The zero-order valence-corrected chi connectivity index (χ0v) is 14.2. The summed E-state index contributed by atoms with van der Waals surface area (Å²) in [4.78, 5) is 4.75. The molecule has 1 aromatic carbocycles. The third kappa shape index (κ3) is 2.63. The zero-order chi connectivity index (χ0) is 16.8. The Balaban J connectivity index is 1.63. The van der Waals surface area contributed by atoms with Crippen LogP contribution in [0.1, 0.15) is 35.1 Å². The molecule has 1 aliphatic heterocycles. The molecule has 1 unspecified atom stereocenters. The topological polar surface area (TPSA) is 21.1 Å². The van der Waals surface area contributed by atoms with Crippen molar-refractivity contribution < 1.29 is 13.2 Å². The fourth-order valence-electron chi connectivity index (χ4n) is 3.79. The minimum absolute atomic E-state index is 0.152. The number of aromatic nitrogens is 2. The van der Waals surface area contributed by atoms with Crippen LogP contribution in [0.15, 0.2) is 12.1 Å². The molecule has 2 aromatic rings. The van der Waals surface area contributed by atoms with Gasteiger partial charge in [-0.25, -0.2) is 22.5 Å². The Kier molecular flexibility index (Phi) is 4.08. The standard InChI is InChI=1S/C17H18F3N3S/c1-24-22-4-5-23-16-3-2-10(6-15(16)21-17(23)9-22)11-7-13(19)14(20)8-12(11)18/h7-8,10H,2-6,9H2,1H3. The molecule has 4 rings (SSSR count). The molecular formula is C17H18F3N3S. The predicted octanol–water partition coefficient (Wildman–Crippen LogP) is 3.67. The van der Waals surface area contributed by atoms with E-state index in [1.54, 1.807) is 11.9 Å². The van der Waals surface area contributed by atoms with E-state index >= 15 is 0 Å². The summed E-state index contributed by atoms with van der Waals surface area (Å²) in [5.74, 6) is -1.90. The van der Waals surface area contributed by atoms with E-state index in [1.807, 2.05) is 0 Å². The highest BCUT2D eigenvalue weighted by atomic mass is 32.2. The maximum Gasteiger partial charge on any atom is 0.161 e. The summed E-state index contributed by atoms with van der Waals surface area (Å²) in [6.45, 7) is 2.71.